The van der Waals surface area contributed by atoms with Crippen molar-refractivity contribution in [2.45, 2.75) is 33.7 Å². The van der Waals surface area contributed by atoms with Crippen molar-refractivity contribution in [1.82, 2.24) is 9.55 Å². The molecule has 6 nitrogen and oxygen atoms in total. The van der Waals surface area contributed by atoms with Crippen LogP contribution >= 0.6 is 11.6 Å². The van der Waals surface area contributed by atoms with Crippen molar-refractivity contribution < 1.29 is 4.42 Å². The smallest absolute Gasteiger partial charge is 0.250 e. The van der Waals surface area contributed by atoms with Crippen molar-refractivity contribution in [3.63, 3.8) is 0 Å². The zero-order valence-electron chi connectivity index (χ0n) is 18.6. The molecule has 4 rings (SSSR count). The number of nitrogens with zero attached hydrogens (tertiary/aromatic N) is 2. The van der Waals surface area contributed by atoms with Gasteiger partial charge in [-0.3, -0.25) is 9.59 Å². The monoisotopic (exact) mass is 449 g/mol. The van der Waals surface area contributed by atoms with Gasteiger partial charge in [-0.05, 0) is 57.5 Å². The summed E-state index contributed by atoms with van der Waals surface area (Å²) in [7, 11) is 1.67. The van der Waals surface area contributed by atoms with E-state index in [0.717, 1.165) is 22.5 Å². The van der Waals surface area contributed by atoms with Gasteiger partial charge in [-0.25, -0.2) is 4.98 Å². The van der Waals surface area contributed by atoms with Crippen LogP contribution in [0.15, 0.2) is 56.6 Å². The molecule has 0 radical (unpaired) electrons. The van der Waals surface area contributed by atoms with Crippen molar-refractivity contribution in [3.8, 4) is 11.3 Å². The fourth-order valence-electron chi connectivity index (χ4n) is 3.89. The average Bonchev–Trinajstić information content (AvgIpc) is 2.74. The first-order valence-electron chi connectivity index (χ1n) is 10.3. The minimum absolute atomic E-state index is 0.0865. The number of pyridine rings is 2. The van der Waals surface area contributed by atoms with Crippen LogP contribution in [0.1, 0.15) is 35.3 Å². The topological polar surface area (TPSA) is 77.1 Å². The van der Waals surface area contributed by atoms with Crippen molar-refractivity contribution in [2.75, 3.05) is 5.32 Å². The van der Waals surface area contributed by atoms with Crippen LogP contribution in [0.2, 0.25) is 5.15 Å². The molecule has 0 fully saturated rings. The molecule has 3 aromatic heterocycles. The number of aromatic nitrogens is 2. The van der Waals surface area contributed by atoms with Gasteiger partial charge in [-0.2, -0.15) is 0 Å². The lowest BCUT2D eigenvalue weighted by molar-refractivity contribution is 0.604. The number of hydrogen-bond donors (Lipinski definition) is 1. The van der Waals surface area contributed by atoms with Crippen molar-refractivity contribution >= 4 is 28.3 Å². The Hall–Kier alpha value is -3.38. The Morgan fingerprint density at radius 3 is 2.53 bits per heavy atom. The van der Waals surface area contributed by atoms with E-state index in [9.17, 15) is 9.59 Å². The second kappa shape index (κ2) is 8.28. The molecule has 0 saturated carbocycles. The molecule has 3 heterocycles. The van der Waals surface area contributed by atoms with Gasteiger partial charge in [0.25, 0.3) is 0 Å². The lowest BCUT2D eigenvalue weighted by atomic mass is 9.99. The number of rotatable bonds is 4. The fourth-order valence-corrected chi connectivity index (χ4v) is 4.08. The molecule has 32 heavy (non-hydrogen) atoms. The lowest BCUT2D eigenvalue weighted by Gasteiger charge is -2.19. The molecule has 0 aliphatic carbocycles. The van der Waals surface area contributed by atoms with E-state index in [1.165, 1.54) is 10.6 Å². The van der Waals surface area contributed by atoms with Crippen molar-refractivity contribution in [2.24, 2.45) is 7.05 Å². The first-order valence-corrected chi connectivity index (χ1v) is 10.7. The van der Waals surface area contributed by atoms with Crippen LogP contribution in [0.25, 0.3) is 22.3 Å². The van der Waals surface area contributed by atoms with Crippen LogP contribution in [0, 0.1) is 20.8 Å². The Morgan fingerprint density at radius 1 is 1.09 bits per heavy atom. The number of fused-ring (bicyclic) bond motifs is 1. The maximum absolute atomic E-state index is 13.3. The molecule has 0 saturated heterocycles. The lowest BCUT2D eigenvalue weighted by Crippen LogP contribution is -2.15. The number of anilines is 1. The predicted octanol–water partition coefficient (Wildman–Crippen LogP) is 5.31. The van der Waals surface area contributed by atoms with Crippen LogP contribution < -0.4 is 16.3 Å². The van der Waals surface area contributed by atoms with E-state index in [2.05, 4.69) is 10.3 Å². The average molecular weight is 450 g/mol. The van der Waals surface area contributed by atoms with Crippen LogP contribution in [-0.2, 0) is 7.05 Å². The highest BCUT2D eigenvalue weighted by Gasteiger charge is 2.19. The molecule has 1 unspecified atom stereocenters. The first-order chi connectivity index (χ1) is 15.2. The van der Waals surface area contributed by atoms with E-state index < -0.39 is 0 Å². The van der Waals surface area contributed by atoms with Gasteiger partial charge >= 0.3 is 0 Å². The quantitative estimate of drug-likeness (QED) is 0.427. The Morgan fingerprint density at radius 2 is 1.84 bits per heavy atom. The molecule has 0 amide bonds. The SMILES string of the molecule is Cc1cc(C(C)Nc2ccc(Cl)nc2C)c2oc(-c3ccc(=O)n(C)c3)c(C)c(=O)c2c1. The summed E-state index contributed by atoms with van der Waals surface area (Å²) in [6.45, 7) is 7.60. The number of benzene rings is 1. The molecule has 0 aliphatic heterocycles. The van der Waals surface area contributed by atoms with Crippen molar-refractivity contribution in [1.29, 1.82) is 0 Å². The fraction of sp³-hybridized carbons (Fsp3) is 0.240. The van der Waals surface area contributed by atoms with Crippen LogP contribution in [0.5, 0.6) is 0 Å². The van der Waals surface area contributed by atoms with E-state index in [1.54, 1.807) is 32.3 Å². The summed E-state index contributed by atoms with van der Waals surface area (Å²) >= 11 is 5.99. The van der Waals surface area contributed by atoms with Gasteiger partial charge < -0.3 is 14.3 Å². The van der Waals surface area contributed by atoms with E-state index in [1.807, 2.05) is 39.0 Å². The predicted molar refractivity (Wildman–Crippen MR) is 129 cm³/mol. The molecular formula is C25H24ClN3O3. The number of nitrogens with one attached hydrogen (secondary N) is 1. The summed E-state index contributed by atoms with van der Waals surface area (Å²) in [4.78, 5) is 29.4. The maximum Gasteiger partial charge on any atom is 0.250 e. The molecule has 7 heteroatoms. The van der Waals surface area contributed by atoms with Crippen molar-refractivity contribution in [3.05, 3.63) is 90.7 Å². The van der Waals surface area contributed by atoms with Crippen LogP contribution in [-0.4, -0.2) is 9.55 Å². The van der Waals surface area contributed by atoms with Gasteiger partial charge in [0.2, 0.25) is 5.56 Å². The van der Waals surface area contributed by atoms with Crippen LogP contribution in [0.4, 0.5) is 5.69 Å². The Kier molecular flexibility index (Phi) is 5.65. The third-order valence-corrected chi connectivity index (χ3v) is 5.84. The summed E-state index contributed by atoms with van der Waals surface area (Å²) in [5, 5.41) is 4.42. The number of halogens is 1. The highest BCUT2D eigenvalue weighted by atomic mass is 35.5. The van der Waals surface area contributed by atoms with Gasteiger partial charge in [0.05, 0.1) is 22.8 Å². The molecule has 0 spiro atoms. The molecule has 164 valence electrons. The van der Waals surface area contributed by atoms with Gasteiger partial charge in [-0.15, -0.1) is 0 Å². The standard InChI is InChI=1S/C25H24ClN3O3/c1-13-10-18(15(3)27-20-7-8-21(26)28-16(20)4)25-19(11-13)23(31)14(2)24(32-25)17-6-9-22(30)29(5)12-17/h6-12,15,27H,1-5H3. The summed E-state index contributed by atoms with van der Waals surface area (Å²) in [6, 6.07) is 10.5. The summed E-state index contributed by atoms with van der Waals surface area (Å²) < 4.78 is 7.82. The minimum atomic E-state index is -0.169. The second-order valence-electron chi connectivity index (χ2n) is 8.12. The first kappa shape index (κ1) is 21.8. The largest absolute Gasteiger partial charge is 0.455 e. The summed E-state index contributed by atoms with van der Waals surface area (Å²) in [6.07, 6.45) is 1.68. The molecule has 0 aliphatic rings. The zero-order chi connectivity index (χ0) is 23.2. The van der Waals surface area contributed by atoms with E-state index in [-0.39, 0.29) is 17.0 Å². The normalized spacial score (nSPS) is 12.2. The van der Waals surface area contributed by atoms with Gasteiger partial charge in [0.15, 0.2) is 5.43 Å². The third kappa shape index (κ3) is 3.94. The zero-order valence-corrected chi connectivity index (χ0v) is 19.4. The minimum Gasteiger partial charge on any atom is -0.455 e. The maximum atomic E-state index is 13.3. The Bertz CT molecular complexity index is 1470. The van der Waals surface area contributed by atoms with Gasteiger partial charge in [0, 0.05) is 36.0 Å². The Labute approximate surface area is 190 Å². The number of hydrogen-bond acceptors (Lipinski definition) is 5. The summed E-state index contributed by atoms with van der Waals surface area (Å²) in [5.74, 6) is 0.458. The number of aryl methyl sites for hydroxylation is 3. The molecule has 4 aromatic rings. The molecule has 0 bridgehead atoms. The molecular weight excluding hydrogens is 426 g/mol. The molecule has 1 N–H and O–H groups in total. The third-order valence-electron chi connectivity index (χ3n) is 5.63. The van der Waals surface area contributed by atoms with E-state index in [4.69, 9.17) is 16.0 Å². The van der Waals surface area contributed by atoms with Gasteiger partial charge in [-0.1, -0.05) is 17.7 Å². The van der Waals surface area contributed by atoms with Gasteiger partial charge in [0.1, 0.15) is 16.5 Å². The summed E-state index contributed by atoms with van der Waals surface area (Å²) in [5.41, 5.74) is 4.95. The second-order valence-corrected chi connectivity index (χ2v) is 8.50. The van der Waals surface area contributed by atoms with E-state index >= 15 is 0 Å². The highest BCUT2D eigenvalue weighted by Crippen LogP contribution is 2.32. The van der Waals surface area contributed by atoms with Crippen LogP contribution in [0.3, 0.4) is 0 Å². The highest BCUT2D eigenvalue weighted by molar-refractivity contribution is 6.29. The Balaban J connectivity index is 1.90. The van der Waals surface area contributed by atoms with E-state index in [0.29, 0.717) is 33.0 Å². The molecule has 1 aromatic carbocycles. The molecule has 1 atom stereocenters.